The van der Waals surface area contributed by atoms with Crippen LogP contribution in [0.4, 0.5) is 5.69 Å². The van der Waals surface area contributed by atoms with E-state index in [-0.39, 0.29) is 23.1 Å². The summed E-state index contributed by atoms with van der Waals surface area (Å²) < 4.78 is 33.9. The highest BCUT2D eigenvalue weighted by molar-refractivity contribution is 7.89. The molecule has 178 valence electrons. The van der Waals surface area contributed by atoms with Gasteiger partial charge in [-0.2, -0.15) is 4.31 Å². The topological polar surface area (TPSA) is 92.5 Å². The van der Waals surface area contributed by atoms with Gasteiger partial charge >= 0.3 is 0 Å². The minimum atomic E-state index is -3.89. The lowest BCUT2D eigenvalue weighted by molar-refractivity contribution is -0.120. The van der Waals surface area contributed by atoms with Crippen molar-refractivity contribution < 1.29 is 17.7 Å². The Kier molecular flexibility index (Phi) is 7.00. The highest BCUT2D eigenvalue weighted by Gasteiger charge is 2.37. The van der Waals surface area contributed by atoms with E-state index in [1.165, 1.54) is 4.31 Å². The monoisotopic (exact) mass is 479 g/mol. The lowest BCUT2D eigenvalue weighted by Crippen LogP contribution is -2.43. The molecule has 3 aromatic rings. The molecule has 1 amide bonds. The largest absolute Gasteiger partial charge is 0.355 e. The third-order valence-electron chi connectivity index (χ3n) is 5.90. The van der Waals surface area contributed by atoms with Gasteiger partial charge in [-0.3, -0.25) is 4.79 Å². The minimum absolute atomic E-state index is 0.0510. The number of anilines is 1. The number of carbonyl (C=O) groups is 1. The SMILES string of the molecule is Cc1cc(C)cc(NC(=O)C2CCCN(S(=O)(=O)c3c(C)noc3/C=C/c3ccccc3)C2)c1. The molecule has 1 aliphatic heterocycles. The van der Waals surface area contributed by atoms with Gasteiger partial charge in [0, 0.05) is 18.8 Å². The summed E-state index contributed by atoms with van der Waals surface area (Å²) >= 11 is 0. The fourth-order valence-electron chi connectivity index (χ4n) is 4.33. The first-order valence-electron chi connectivity index (χ1n) is 11.3. The van der Waals surface area contributed by atoms with Crippen LogP contribution in [0.1, 0.15) is 41.0 Å². The van der Waals surface area contributed by atoms with Crippen LogP contribution in [-0.2, 0) is 14.8 Å². The fraction of sp³-hybridized carbons (Fsp3) is 0.308. The number of aromatic nitrogens is 1. The molecule has 1 N–H and O–H groups in total. The molecule has 0 bridgehead atoms. The Morgan fingerprint density at radius 3 is 2.50 bits per heavy atom. The molecule has 1 saturated heterocycles. The van der Waals surface area contributed by atoms with Crippen LogP contribution in [-0.4, -0.2) is 36.9 Å². The van der Waals surface area contributed by atoms with Gasteiger partial charge in [-0.05, 0) is 68.5 Å². The Labute approximate surface area is 200 Å². The van der Waals surface area contributed by atoms with Crippen LogP contribution in [0.25, 0.3) is 12.2 Å². The third kappa shape index (κ3) is 5.29. The molecule has 2 heterocycles. The van der Waals surface area contributed by atoms with E-state index in [0.29, 0.717) is 25.1 Å². The molecule has 34 heavy (non-hydrogen) atoms. The summed E-state index contributed by atoms with van der Waals surface area (Å²) in [4.78, 5) is 13.0. The summed E-state index contributed by atoms with van der Waals surface area (Å²) in [5.74, 6) is -0.424. The standard InChI is InChI=1S/C26H29N3O4S/c1-18-14-19(2)16-23(15-18)27-26(30)22-10-7-13-29(17-22)34(31,32)25-20(3)28-33-24(25)12-11-21-8-5-4-6-9-21/h4-6,8-9,11-12,14-16,22H,7,10,13,17H2,1-3H3,(H,27,30)/b12-11+. The van der Waals surface area contributed by atoms with Crippen molar-refractivity contribution >= 4 is 33.8 Å². The Hall–Kier alpha value is -3.23. The zero-order valence-electron chi connectivity index (χ0n) is 19.6. The summed E-state index contributed by atoms with van der Waals surface area (Å²) in [5, 5.41) is 6.86. The molecule has 1 atom stereocenters. The van der Waals surface area contributed by atoms with Crippen LogP contribution in [0, 0.1) is 26.7 Å². The maximum atomic E-state index is 13.6. The van der Waals surface area contributed by atoms with Crippen molar-refractivity contribution in [3.05, 3.63) is 76.7 Å². The first-order valence-corrected chi connectivity index (χ1v) is 12.8. The maximum absolute atomic E-state index is 13.6. The Morgan fingerprint density at radius 2 is 1.79 bits per heavy atom. The van der Waals surface area contributed by atoms with Crippen LogP contribution in [0.3, 0.4) is 0 Å². The smallest absolute Gasteiger partial charge is 0.248 e. The van der Waals surface area contributed by atoms with Crippen molar-refractivity contribution in [3.63, 3.8) is 0 Å². The highest BCUT2D eigenvalue weighted by Crippen LogP contribution is 2.30. The summed E-state index contributed by atoms with van der Waals surface area (Å²) in [7, 11) is -3.89. The number of rotatable bonds is 6. The van der Waals surface area contributed by atoms with Crippen molar-refractivity contribution in [1.29, 1.82) is 0 Å². The van der Waals surface area contributed by atoms with Crippen LogP contribution in [0.5, 0.6) is 0 Å². The number of aryl methyl sites for hydroxylation is 3. The van der Waals surface area contributed by atoms with E-state index in [9.17, 15) is 13.2 Å². The molecule has 0 saturated carbocycles. The Balaban J connectivity index is 1.53. The van der Waals surface area contributed by atoms with Gasteiger partial charge in [0.15, 0.2) is 10.7 Å². The molecule has 8 heteroatoms. The molecule has 1 unspecified atom stereocenters. The second-order valence-corrected chi connectivity index (χ2v) is 10.6. The number of nitrogens with one attached hydrogen (secondary N) is 1. The molecule has 0 aliphatic carbocycles. The van der Waals surface area contributed by atoms with Gasteiger partial charge in [-0.15, -0.1) is 0 Å². The van der Waals surface area contributed by atoms with Gasteiger partial charge in [-0.25, -0.2) is 8.42 Å². The maximum Gasteiger partial charge on any atom is 0.248 e. The van der Waals surface area contributed by atoms with Crippen LogP contribution in [0.15, 0.2) is 57.9 Å². The Morgan fingerprint density at radius 1 is 1.09 bits per heavy atom. The van der Waals surface area contributed by atoms with Gasteiger partial charge in [0.05, 0.1) is 5.92 Å². The predicted molar refractivity (Wildman–Crippen MR) is 133 cm³/mol. The first-order chi connectivity index (χ1) is 16.2. The molecule has 0 spiro atoms. The molecular weight excluding hydrogens is 450 g/mol. The minimum Gasteiger partial charge on any atom is -0.355 e. The van der Waals surface area contributed by atoms with Crippen molar-refractivity contribution in [2.24, 2.45) is 5.92 Å². The first kappa shape index (κ1) is 23.9. The predicted octanol–water partition coefficient (Wildman–Crippen LogP) is 4.81. The van der Waals surface area contributed by atoms with Crippen LogP contribution < -0.4 is 5.32 Å². The van der Waals surface area contributed by atoms with Gasteiger partial charge in [-0.1, -0.05) is 47.6 Å². The number of nitrogens with zero attached hydrogens (tertiary/aromatic N) is 2. The van der Waals surface area contributed by atoms with Crippen molar-refractivity contribution in [1.82, 2.24) is 9.46 Å². The number of carbonyl (C=O) groups excluding carboxylic acids is 1. The van der Waals surface area contributed by atoms with E-state index in [1.54, 1.807) is 19.1 Å². The van der Waals surface area contributed by atoms with Crippen molar-refractivity contribution in [3.8, 4) is 0 Å². The van der Waals surface area contributed by atoms with Crippen molar-refractivity contribution in [2.75, 3.05) is 18.4 Å². The lowest BCUT2D eigenvalue weighted by atomic mass is 9.98. The van der Waals surface area contributed by atoms with Crippen LogP contribution >= 0.6 is 0 Å². The summed E-state index contributed by atoms with van der Waals surface area (Å²) in [6.45, 7) is 6.03. The van der Waals surface area contributed by atoms with E-state index in [2.05, 4.69) is 10.5 Å². The number of amides is 1. The number of benzene rings is 2. The van der Waals surface area contributed by atoms with Crippen LogP contribution in [0.2, 0.25) is 0 Å². The van der Waals surface area contributed by atoms with Gasteiger partial charge < -0.3 is 9.84 Å². The van der Waals surface area contributed by atoms with Gasteiger partial charge in [0.2, 0.25) is 15.9 Å². The number of hydrogen-bond acceptors (Lipinski definition) is 5. The zero-order valence-corrected chi connectivity index (χ0v) is 20.4. The van der Waals surface area contributed by atoms with Gasteiger partial charge in [0.1, 0.15) is 5.69 Å². The third-order valence-corrected chi connectivity index (χ3v) is 7.93. The van der Waals surface area contributed by atoms with Gasteiger partial charge in [0.25, 0.3) is 0 Å². The average Bonchev–Trinajstić information content (AvgIpc) is 3.19. The fourth-order valence-corrected chi connectivity index (χ4v) is 6.10. The Bertz CT molecular complexity index is 1290. The summed E-state index contributed by atoms with van der Waals surface area (Å²) in [5.41, 5.74) is 4.06. The lowest BCUT2D eigenvalue weighted by Gasteiger charge is -2.31. The molecule has 1 aliphatic rings. The normalized spacial score (nSPS) is 17.2. The molecule has 1 fully saturated rings. The molecular formula is C26H29N3O4S. The summed E-state index contributed by atoms with van der Waals surface area (Å²) in [6, 6.07) is 15.4. The zero-order chi connectivity index (χ0) is 24.3. The quantitative estimate of drug-likeness (QED) is 0.548. The second kappa shape index (κ2) is 9.95. The molecule has 1 aromatic heterocycles. The number of sulfonamides is 1. The molecule has 7 nitrogen and oxygen atoms in total. The molecule has 0 radical (unpaired) electrons. The summed E-state index contributed by atoms with van der Waals surface area (Å²) in [6.07, 6.45) is 4.64. The molecule has 4 rings (SSSR count). The number of piperidine rings is 1. The van der Waals surface area contributed by atoms with Crippen molar-refractivity contribution in [2.45, 2.75) is 38.5 Å². The van der Waals surface area contributed by atoms with E-state index in [0.717, 1.165) is 22.4 Å². The second-order valence-electron chi connectivity index (χ2n) is 8.77. The van der Waals surface area contributed by atoms with E-state index in [4.69, 9.17) is 4.52 Å². The molecule has 2 aromatic carbocycles. The average molecular weight is 480 g/mol. The highest BCUT2D eigenvalue weighted by atomic mass is 32.2. The van der Waals surface area contributed by atoms with E-state index < -0.39 is 15.9 Å². The number of hydrogen-bond donors (Lipinski definition) is 1. The van der Waals surface area contributed by atoms with E-state index >= 15 is 0 Å². The van der Waals surface area contributed by atoms with E-state index in [1.807, 2.05) is 62.4 Å².